The number of hydrogen-bond acceptors (Lipinski definition) is 8. The fourth-order valence-corrected chi connectivity index (χ4v) is 6.75. The minimum atomic E-state index is -1.03. The molecule has 1 aliphatic carbocycles. The van der Waals surface area contributed by atoms with Crippen LogP contribution >= 0.6 is 33.9 Å². The smallest absolute Gasteiger partial charge is 0.252 e. The van der Waals surface area contributed by atoms with Crippen molar-refractivity contribution in [3.8, 4) is 11.3 Å². The molecule has 0 radical (unpaired) electrons. The lowest BCUT2D eigenvalue weighted by Crippen LogP contribution is -2.62. The second-order valence-corrected chi connectivity index (χ2v) is 12.1. The van der Waals surface area contributed by atoms with Crippen LogP contribution in [-0.4, -0.2) is 83.0 Å². The predicted octanol–water partition coefficient (Wildman–Crippen LogP) is 2.84. The Bertz CT molecular complexity index is 1140. The van der Waals surface area contributed by atoms with Crippen LogP contribution < -0.4 is 15.5 Å². The lowest BCUT2D eigenvalue weighted by molar-refractivity contribution is -0.131. The monoisotopic (exact) mass is 637 g/mol. The van der Waals surface area contributed by atoms with E-state index in [-0.39, 0.29) is 24.2 Å². The maximum absolute atomic E-state index is 13.4. The maximum Gasteiger partial charge on any atom is 0.252 e. The van der Waals surface area contributed by atoms with E-state index < -0.39 is 15.7 Å². The van der Waals surface area contributed by atoms with Crippen molar-refractivity contribution in [3.63, 3.8) is 0 Å². The van der Waals surface area contributed by atoms with Gasteiger partial charge in [-0.15, -0.1) is 11.3 Å². The molecular weight excluding hydrogens is 605 g/mol. The van der Waals surface area contributed by atoms with Crippen LogP contribution in [0.2, 0.25) is 0 Å². The van der Waals surface area contributed by atoms with Gasteiger partial charge in [0.2, 0.25) is 5.91 Å². The van der Waals surface area contributed by atoms with Gasteiger partial charge in [-0.1, -0.05) is 31.4 Å². The molecule has 2 amide bonds. The fourth-order valence-electron chi connectivity index (χ4n) is 5.11. The van der Waals surface area contributed by atoms with E-state index >= 15 is 0 Å². The van der Waals surface area contributed by atoms with E-state index in [0.29, 0.717) is 18.4 Å². The maximum atomic E-state index is 13.4. The number of amides is 2. The molecule has 0 bridgehead atoms. The molecule has 2 N–H and O–H groups in total. The molecule has 1 aromatic heterocycles. The number of ether oxygens (including phenoxy) is 1. The third kappa shape index (κ3) is 5.84. The molecule has 0 spiro atoms. The zero-order valence-electron chi connectivity index (χ0n) is 20.9. The van der Waals surface area contributed by atoms with Crippen molar-refractivity contribution in [1.82, 2.24) is 20.5 Å². The number of likely N-dealkylation sites (N-methyl/N-ethyl adjacent to an activating group) is 1. The number of halogens is 1. The highest BCUT2D eigenvalue weighted by Gasteiger charge is 2.44. The Morgan fingerprint density at radius 1 is 1.11 bits per heavy atom. The Morgan fingerprint density at radius 2 is 1.81 bits per heavy atom. The van der Waals surface area contributed by atoms with Crippen LogP contribution in [0.3, 0.4) is 0 Å². The van der Waals surface area contributed by atoms with Gasteiger partial charge in [-0.3, -0.25) is 14.4 Å². The quantitative estimate of drug-likeness (QED) is 0.371. The number of ketones is 1. The first-order valence-corrected chi connectivity index (χ1v) is 14.9. The van der Waals surface area contributed by atoms with Gasteiger partial charge in [0.05, 0.1) is 5.69 Å². The van der Waals surface area contributed by atoms with Crippen molar-refractivity contribution in [3.05, 3.63) is 35.2 Å². The number of rotatable bonds is 6. The molecule has 3 aliphatic rings. The third-order valence-electron chi connectivity index (χ3n) is 7.48. The molecule has 9 nitrogen and oxygen atoms in total. The number of anilines is 1. The van der Waals surface area contributed by atoms with Gasteiger partial charge < -0.3 is 25.2 Å². The zero-order valence-corrected chi connectivity index (χ0v) is 23.8. The highest BCUT2D eigenvalue weighted by Crippen LogP contribution is 2.31. The number of Topliss-reactive ketones (excluding diaryl/α,β-unsaturated/α-hetero) is 1. The summed E-state index contributed by atoms with van der Waals surface area (Å²) in [5, 5.41) is 8.97. The zero-order chi connectivity index (χ0) is 26.0. The molecule has 11 heteroatoms. The van der Waals surface area contributed by atoms with Crippen LogP contribution in [0.4, 0.5) is 5.13 Å². The summed E-state index contributed by atoms with van der Waals surface area (Å²) in [6.07, 6.45) is 3.79. The van der Waals surface area contributed by atoms with Crippen molar-refractivity contribution in [2.45, 2.75) is 47.8 Å². The SMILES string of the molecule is CN1CCN(c2nc(-c3ccc(C(=O)NC4(C(=O)N[C@@H]5C(=O)CO[C@H]5I)CCCCC4)cc3)cs2)CC1. The van der Waals surface area contributed by atoms with E-state index in [1.807, 2.05) is 34.7 Å². The number of nitrogens with one attached hydrogen (secondary N) is 2. The summed E-state index contributed by atoms with van der Waals surface area (Å²) in [5.41, 5.74) is 1.31. The number of piperazine rings is 1. The van der Waals surface area contributed by atoms with Crippen LogP contribution in [0, 0.1) is 0 Å². The van der Waals surface area contributed by atoms with Gasteiger partial charge >= 0.3 is 0 Å². The van der Waals surface area contributed by atoms with Gasteiger partial charge in [-0.05, 0) is 54.6 Å². The Hall–Kier alpha value is -2.09. The molecule has 5 rings (SSSR count). The molecule has 3 heterocycles. The molecule has 0 unspecified atom stereocenters. The summed E-state index contributed by atoms with van der Waals surface area (Å²) in [6, 6.07) is 6.69. The summed E-state index contributed by atoms with van der Waals surface area (Å²) in [6.45, 7) is 4.00. The molecule has 2 aromatic rings. The Labute approximate surface area is 234 Å². The number of alkyl halides is 1. The number of aromatic nitrogens is 1. The lowest BCUT2D eigenvalue weighted by Gasteiger charge is -2.37. The fraction of sp³-hybridized carbons (Fsp3) is 0.538. The highest BCUT2D eigenvalue weighted by atomic mass is 127. The molecule has 2 aliphatic heterocycles. The second kappa shape index (κ2) is 11.3. The molecule has 1 aromatic carbocycles. The van der Waals surface area contributed by atoms with Gasteiger partial charge in [0, 0.05) is 42.7 Å². The Morgan fingerprint density at radius 3 is 2.46 bits per heavy atom. The van der Waals surface area contributed by atoms with Crippen LogP contribution in [0.15, 0.2) is 29.6 Å². The normalized spacial score (nSPS) is 24.2. The van der Waals surface area contributed by atoms with Gasteiger partial charge in [0.15, 0.2) is 10.9 Å². The predicted molar refractivity (Wildman–Crippen MR) is 151 cm³/mol. The van der Waals surface area contributed by atoms with E-state index in [9.17, 15) is 14.4 Å². The average molecular weight is 638 g/mol. The lowest BCUT2D eigenvalue weighted by atomic mass is 9.80. The van der Waals surface area contributed by atoms with Crippen molar-refractivity contribution < 1.29 is 19.1 Å². The number of hydrogen-bond donors (Lipinski definition) is 2. The van der Waals surface area contributed by atoms with E-state index in [1.165, 1.54) is 0 Å². The second-order valence-electron chi connectivity index (χ2n) is 10.1. The highest BCUT2D eigenvalue weighted by molar-refractivity contribution is 14.1. The molecule has 37 heavy (non-hydrogen) atoms. The Kier molecular flexibility index (Phi) is 8.13. The van der Waals surface area contributed by atoms with Crippen molar-refractivity contribution >= 4 is 56.7 Å². The van der Waals surface area contributed by atoms with E-state index in [2.05, 4.69) is 32.9 Å². The van der Waals surface area contributed by atoms with Gasteiger partial charge in [0.1, 0.15) is 22.3 Å². The van der Waals surface area contributed by atoms with Crippen LogP contribution in [0.5, 0.6) is 0 Å². The third-order valence-corrected chi connectivity index (χ3v) is 9.46. The first kappa shape index (κ1) is 26.5. The summed E-state index contributed by atoms with van der Waals surface area (Å²) in [4.78, 5) is 48.3. The van der Waals surface area contributed by atoms with E-state index in [1.54, 1.807) is 23.5 Å². The Balaban J connectivity index is 1.26. The van der Waals surface area contributed by atoms with Crippen LogP contribution in [-0.2, 0) is 14.3 Å². The summed E-state index contributed by atoms with van der Waals surface area (Å²) in [7, 11) is 2.14. The minimum Gasteiger partial charge on any atom is -0.357 e. The van der Waals surface area contributed by atoms with Crippen LogP contribution in [0.25, 0.3) is 11.3 Å². The van der Waals surface area contributed by atoms with Crippen molar-refractivity contribution in [2.75, 3.05) is 44.7 Å². The van der Waals surface area contributed by atoms with Gasteiger partial charge in [-0.2, -0.15) is 0 Å². The molecule has 2 atom stereocenters. The van der Waals surface area contributed by atoms with Crippen LogP contribution in [0.1, 0.15) is 42.5 Å². The number of carbonyl (C=O) groups is 3. The minimum absolute atomic E-state index is 0.000116. The molecular formula is C26H32IN5O4S. The number of benzene rings is 1. The molecule has 1 saturated carbocycles. The number of nitrogens with zero attached hydrogens (tertiary/aromatic N) is 3. The summed E-state index contributed by atoms with van der Waals surface area (Å²) >= 11 is 3.66. The average Bonchev–Trinajstić information content (AvgIpc) is 3.53. The number of thiazole rings is 1. The van der Waals surface area contributed by atoms with Crippen molar-refractivity contribution in [1.29, 1.82) is 0 Å². The van der Waals surface area contributed by atoms with Gasteiger partial charge in [0.25, 0.3) is 5.91 Å². The largest absolute Gasteiger partial charge is 0.357 e. The molecule has 198 valence electrons. The summed E-state index contributed by atoms with van der Waals surface area (Å²) < 4.78 is 4.96. The standard InChI is InChI=1S/C26H32IN5O4S/c1-31-11-13-32(14-12-31)25-28-19(16-37-25)17-5-7-18(8-6-17)23(34)30-26(9-3-2-4-10-26)24(35)29-21-20(33)15-36-22(21)27/h5-8,16,21-22H,2-4,9-15H2,1H3,(H,29,35)(H,30,34)/t21-,22-/m1/s1. The van der Waals surface area contributed by atoms with E-state index in [0.717, 1.165) is 61.8 Å². The topological polar surface area (TPSA) is 104 Å². The first-order valence-electron chi connectivity index (χ1n) is 12.8. The molecule has 2 saturated heterocycles. The summed E-state index contributed by atoms with van der Waals surface area (Å²) in [5.74, 6) is -0.736. The molecule has 3 fully saturated rings. The van der Waals surface area contributed by atoms with E-state index in [4.69, 9.17) is 9.72 Å². The van der Waals surface area contributed by atoms with Gasteiger partial charge in [-0.25, -0.2) is 4.98 Å². The van der Waals surface area contributed by atoms with Crippen molar-refractivity contribution in [2.24, 2.45) is 0 Å². The number of carbonyl (C=O) groups excluding carboxylic acids is 3. The first-order chi connectivity index (χ1) is 17.8.